The van der Waals surface area contributed by atoms with Gasteiger partial charge in [0, 0.05) is 28.9 Å². The number of nitrogens with zero attached hydrogens (tertiary/aromatic N) is 2. The fourth-order valence-electron chi connectivity index (χ4n) is 2.77. The van der Waals surface area contributed by atoms with Gasteiger partial charge in [-0.2, -0.15) is 0 Å². The van der Waals surface area contributed by atoms with Crippen LogP contribution in [0, 0.1) is 13.8 Å². The third-order valence-corrected chi connectivity index (χ3v) is 4.84. The Morgan fingerprint density at radius 1 is 1.04 bits per heavy atom. The lowest BCUT2D eigenvalue weighted by atomic mass is 10.2. The molecule has 0 bridgehead atoms. The van der Waals surface area contributed by atoms with Gasteiger partial charge in [-0.25, -0.2) is 4.79 Å². The zero-order chi connectivity index (χ0) is 18.8. The number of carbonyl (C=O) groups is 1. The molecule has 1 aromatic heterocycles. The highest BCUT2D eigenvalue weighted by molar-refractivity contribution is 6.42. The number of aromatic nitrogens is 1. The van der Waals surface area contributed by atoms with E-state index in [2.05, 4.69) is 9.56 Å². The number of hydrogen-bond donors (Lipinski definition) is 1. The predicted molar refractivity (Wildman–Crippen MR) is 106 cm³/mol. The van der Waals surface area contributed by atoms with Crippen molar-refractivity contribution in [1.82, 2.24) is 4.57 Å². The Hall–Kier alpha value is -2.56. The first-order valence-electron chi connectivity index (χ1n) is 7.88. The van der Waals surface area contributed by atoms with Crippen molar-refractivity contribution < 1.29 is 9.90 Å². The lowest BCUT2D eigenvalue weighted by molar-refractivity contribution is 0.0697. The molecule has 0 aliphatic heterocycles. The largest absolute Gasteiger partial charge is 0.478 e. The molecule has 6 heteroatoms. The highest BCUT2D eigenvalue weighted by Gasteiger charge is 2.11. The van der Waals surface area contributed by atoms with Gasteiger partial charge in [-0.15, -0.1) is 0 Å². The van der Waals surface area contributed by atoms with E-state index in [-0.39, 0.29) is 5.56 Å². The van der Waals surface area contributed by atoms with E-state index in [0.717, 1.165) is 22.6 Å². The number of benzene rings is 2. The molecule has 4 nitrogen and oxygen atoms in total. The molecule has 0 atom stereocenters. The molecule has 132 valence electrons. The molecule has 1 heterocycles. The minimum Gasteiger partial charge on any atom is -0.478 e. The monoisotopic (exact) mass is 386 g/mol. The van der Waals surface area contributed by atoms with E-state index < -0.39 is 5.97 Å². The molecule has 0 saturated carbocycles. The normalized spacial score (nSPS) is 11.2. The van der Waals surface area contributed by atoms with Crippen molar-refractivity contribution in [2.24, 2.45) is 4.99 Å². The Kier molecular flexibility index (Phi) is 5.16. The number of carboxylic acid groups (broad SMARTS) is 1. The Labute approximate surface area is 161 Å². The van der Waals surface area contributed by atoms with E-state index >= 15 is 0 Å². The molecule has 0 spiro atoms. The van der Waals surface area contributed by atoms with Crippen molar-refractivity contribution in [3.05, 3.63) is 81.1 Å². The number of aliphatic imine (C=N–C) groups is 1. The van der Waals surface area contributed by atoms with Gasteiger partial charge in [-0.1, -0.05) is 23.2 Å². The first-order valence-corrected chi connectivity index (χ1v) is 8.64. The average molecular weight is 387 g/mol. The number of carboxylic acids is 1. The molecule has 0 amide bonds. The molecule has 2 aromatic carbocycles. The molecule has 26 heavy (non-hydrogen) atoms. The zero-order valence-electron chi connectivity index (χ0n) is 14.2. The van der Waals surface area contributed by atoms with Crippen LogP contribution in [0.4, 0.5) is 5.69 Å². The third-order valence-electron chi connectivity index (χ3n) is 4.10. The number of rotatable bonds is 4. The Morgan fingerprint density at radius 2 is 1.73 bits per heavy atom. The minimum atomic E-state index is -0.953. The van der Waals surface area contributed by atoms with Crippen molar-refractivity contribution in [3.8, 4) is 5.69 Å². The van der Waals surface area contributed by atoms with Gasteiger partial charge in [0.2, 0.25) is 0 Å². The van der Waals surface area contributed by atoms with Crippen molar-refractivity contribution in [2.75, 3.05) is 0 Å². The average Bonchev–Trinajstić information content (AvgIpc) is 2.90. The zero-order valence-corrected chi connectivity index (χ0v) is 15.7. The molecule has 0 radical (unpaired) electrons. The Bertz CT molecular complexity index is 1010. The second-order valence-electron chi connectivity index (χ2n) is 5.87. The second-order valence-corrected chi connectivity index (χ2v) is 6.68. The van der Waals surface area contributed by atoms with Gasteiger partial charge in [-0.3, -0.25) is 4.99 Å². The van der Waals surface area contributed by atoms with E-state index in [9.17, 15) is 4.79 Å². The third kappa shape index (κ3) is 3.66. The highest BCUT2D eigenvalue weighted by atomic mass is 35.5. The van der Waals surface area contributed by atoms with Crippen molar-refractivity contribution in [2.45, 2.75) is 13.8 Å². The molecule has 0 fully saturated rings. The maximum atomic E-state index is 10.9. The molecule has 1 N–H and O–H groups in total. The summed E-state index contributed by atoms with van der Waals surface area (Å²) in [6.45, 7) is 4.01. The smallest absolute Gasteiger partial charge is 0.335 e. The van der Waals surface area contributed by atoms with Crippen LogP contribution in [0.3, 0.4) is 0 Å². The van der Waals surface area contributed by atoms with Crippen LogP contribution in [0.2, 0.25) is 10.0 Å². The van der Waals surface area contributed by atoms with E-state index in [1.54, 1.807) is 24.4 Å². The fourth-order valence-corrected chi connectivity index (χ4v) is 3.07. The molecular weight excluding hydrogens is 371 g/mol. The molecule has 3 aromatic rings. The Balaban J connectivity index is 1.92. The van der Waals surface area contributed by atoms with E-state index in [1.165, 1.54) is 12.1 Å². The van der Waals surface area contributed by atoms with Crippen LogP contribution in [0.15, 0.2) is 53.5 Å². The van der Waals surface area contributed by atoms with Crippen LogP contribution < -0.4 is 0 Å². The van der Waals surface area contributed by atoms with Crippen molar-refractivity contribution in [1.29, 1.82) is 0 Å². The van der Waals surface area contributed by atoms with E-state index in [1.807, 2.05) is 32.0 Å². The Morgan fingerprint density at radius 3 is 2.35 bits per heavy atom. The van der Waals surface area contributed by atoms with Gasteiger partial charge < -0.3 is 9.67 Å². The number of hydrogen-bond acceptors (Lipinski definition) is 2. The number of aromatic carboxylic acids is 1. The van der Waals surface area contributed by atoms with Gasteiger partial charge >= 0.3 is 5.97 Å². The summed E-state index contributed by atoms with van der Waals surface area (Å²) in [5.41, 5.74) is 4.89. The maximum absolute atomic E-state index is 10.9. The summed E-state index contributed by atoms with van der Waals surface area (Å²) in [6.07, 6.45) is 1.77. The summed E-state index contributed by atoms with van der Waals surface area (Å²) in [7, 11) is 0. The lowest BCUT2D eigenvalue weighted by Gasteiger charge is -2.10. The quantitative estimate of drug-likeness (QED) is 0.571. The standard InChI is InChI=1S/C20H16Cl2N2O2/c1-12-9-15(11-23-16-5-3-14(4-6-16)20(25)26)13(2)24(12)17-7-8-18(21)19(22)10-17/h3-11H,1-2H3,(H,25,26). The van der Waals surface area contributed by atoms with Gasteiger partial charge in [0.25, 0.3) is 0 Å². The van der Waals surface area contributed by atoms with Crippen LogP contribution in [-0.2, 0) is 0 Å². The molecule has 0 aliphatic rings. The summed E-state index contributed by atoms with van der Waals surface area (Å²) in [6, 6.07) is 14.0. The maximum Gasteiger partial charge on any atom is 0.335 e. The first kappa shape index (κ1) is 18.2. The van der Waals surface area contributed by atoms with Gasteiger partial charge in [-0.05, 0) is 62.4 Å². The molecule has 0 aliphatic carbocycles. The van der Waals surface area contributed by atoms with E-state index in [4.69, 9.17) is 28.3 Å². The van der Waals surface area contributed by atoms with Gasteiger partial charge in [0.05, 0.1) is 21.3 Å². The summed E-state index contributed by atoms with van der Waals surface area (Å²) in [5, 5.41) is 9.96. The molecule has 3 rings (SSSR count). The highest BCUT2D eigenvalue weighted by Crippen LogP contribution is 2.27. The van der Waals surface area contributed by atoms with Crippen LogP contribution in [0.5, 0.6) is 0 Å². The van der Waals surface area contributed by atoms with Gasteiger partial charge in [0.1, 0.15) is 0 Å². The summed E-state index contributed by atoms with van der Waals surface area (Å²) < 4.78 is 2.08. The van der Waals surface area contributed by atoms with Crippen molar-refractivity contribution in [3.63, 3.8) is 0 Å². The van der Waals surface area contributed by atoms with Gasteiger partial charge in [0.15, 0.2) is 0 Å². The van der Waals surface area contributed by atoms with E-state index in [0.29, 0.717) is 15.7 Å². The predicted octanol–water partition coefficient (Wildman–Crippen LogP) is 5.85. The molecule has 0 unspecified atom stereocenters. The second kappa shape index (κ2) is 7.36. The topological polar surface area (TPSA) is 54.6 Å². The van der Waals surface area contributed by atoms with Crippen molar-refractivity contribution >= 4 is 41.1 Å². The minimum absolute atomic E-state index is 0.238. The van der Waals surface area contributed by atoms with Crippen LogP contribution in [0.25, 0.3) is 5.69 Å². The number of halogens is 2. The fraction of sp³-hybridized carbons (Fsp3) is 0.100. The summed E-state index contributed by atoms with van der Waals surface area (Å²) >= 11 is 12.1. The van der Waals surface area contributed by atoms with Crippen LogP contribution in [-0.4, -0.2) is 21.9 Å². The summed E-state index contributed by atoms with van der Waals surface area (Å²) in [5.74, 6) is -0.953. The SMILES string of the molecule is Cc1cc(C=Nc2ccc(C(=O)O)cc2)c(C)n1-c1ccc(Cl)c(Cl)c1. The van der Waals surface area contributed by atoms with Crippen LogP contribution in [0.1, 0.15) is 27.3 Å². The number of aryl methyl sites for hydroxylation is 1. The summed E-state index contributed by atoms with van der Waals surface area (Å²) in [4.78, 5) is 15.3. The molecule has 0 saturated heterocycles. The van der Waals surface area contributed by atoms with Crippen LogP contribution >= 0.6 is 23.2 Å². The lowest BCUT2D eigenvalue weighted by Crippen LogP contribution is -1.99. The molecular formula is C20H16Cl2N2O2. The first-order chi connectivity index (χ1) is 12.4.